The third-order valence-corrected chi connectivity index (χ3v) is 5.12. The zero-order chi connectivity index (χ0) is 20.3. The van der Waals surface area contributed by atoms with Crippen LogP contribution in [-0.2, 0) is 16.1 Å². The summed E-state index contributed by atoms with van der Waals surface area (Å²) < 4.78 is 16.4. The molecule has 6 nitrogen and oxygen atoms in total. The van der Waals surface area contributed by atoms with Crippen LogP contribution in [0.5, 0.6) is 5.75 Å². The quantitative estimate of drug-likeness (QED) is 0.762. The number of hydrogen-bond donors (Lipinski definition) is 1. The summed E-state index contributed by atoms with van der Waals surface area (Å²) in [5, 5.41) is 9.73. The predicted molar refractivity (Wildman–Crippen MR) is 103 cm³/mol. The third kappa shape index (κ3) is 4.02. The van der Waals surface area contributed by atoms with Crippen molar-refractivity contribution in [1.82, 2.24) is 0 Å². The summed E-state index contributed by atoms with van der Waals surface area (Å²) in [4.78, 5) is 24.3. The van der Waals surface area contributed by atoms with E-state index >= 15 is 0 Å². The predicted octanol–water partition coefficient (Wildman–Crippen LogP) is 3.87. The summed E-state index contributed by atoms with van der Waals surface area (Å²) in [5.74, 6) is -1.02. The first kappa shape index (κ1) is 19.9. The first-order chi connectivity index (χ1) is 13.4. The van der Waals surface area contributed by atoms with Crippen LogP contribution in [0.25, 0.3) is 0 Å². The van der Waals surface area contributed by atoms with Gasteiger partial charge in [-0.2, -0.15) is 0 Å². The van der Waals surface area contributed by atoms with Gasteiger partial charge in [-0.05, 0) is 49.6 Å². The molecule has 0 aliphatic carbocycles. The standard InChI is InChI=1S/C22H24O6/c1-13-4-6-15(7-5-13)22(25)28-12-18-17(21(23)24)10-19(26-3)14(2)20(18)16-8-9-27-11-16/h4-7,10,16H,8-9,11-12H2,1-3H3,(H,23,24). The van der Waals surface area contributed by atoms with Gasteiger partial charge in [0.2, 0.25) is 0 Å². The average molecular weight is 384 g/mol. The molecule has 0 bridgehead atoms. The van der Waals surface area contributed by atoms with Crippen molar-refractivity contribution in [2.24, 2.45) is 0 Å². The van der Waals surface area contributed by atoms with Gasteiger partial charge in [-0.25, -0.2) is 9.59 Å². The van der Waals surface area contributed by atoms with E-state index in [1.807, 2.05) is 26.0 Å². The van der Waals surface area contributed by atoms with Crippen molar-refractivity contribution in [1.29, 1.82) is 0 Å². The number of benzene rings is 2. The van der Waals surface area contributed by atoms with Crippen molar-refractivity contribution in [2.75, 3.05) is 20.3 Å². The van der Waals surface area contributed by atoms with Gasteiger partial charge in [0.15, 0.2) is 0 Å². The summed E-state index contributed by atoms with van der Waals surface area (Å²) in [7, 11) is 1.51. The molecule has 1 heterocycles. The lowest BCUT2D eigenvalue weighted by atomic mass is 9.86. The smallest absolute Gasteiger partial charge is 0.338 e. The molecule has 0 radical (unpaired) electrons. The molecule has 0 spiro atoms. The van der Waals surface area contributed by atoms with Crippen LogP contribution < -0.4 is 4.74 Å². The summed E-state index contributed by atoms with van der Waals surface area (Å²) in [6.07, 6.45) is 0.784. The molecule has 3 rings (SSSR count). The maximum atomic E-state index is 12.4. The molecular formula is C22H24O6. The number of ether oxygens (including phenoxy) is 3. The highest BCUT2D eigenvalue weighted by Crippen LogP contribution is 2.37. The Balaban J connectivity index is 1.97. The van der Waals surface area contributed by atoms with E-state index in [2.05, 4.69) is 0 Å². The number of hydrogen-bond acceptors (Lipinski definition) is 5. The molecule has 1 aliphatic heterocycles. The Kier molecular flexibility index (Phi) is 5.99. The van der Waals surface area contributed by atoms with E-state index < -0.39 is 11.9 Å². The Labute approximate surface area is 164 Å². The molecule has 0 saturated carbocycles. The molecular weight excluding hydrogens is 360 g/mol. The highest BCUT2D eigenvalue weighted by Gasteiger charge is 2.28. The highest BCUT2D eigenvalue weighted by molar-refractivity contribution is 5.92. The summed E-state index contributed by atoms with van der Waals surface area (Å²) in [6.45, 7) is 4.83. The van der Waals surface area contributed by atoms with E-state index in [0.717, 1.165) is 23.1 Å². The fourth-order valence-corrected chi connectivity index (χ4v) is 3.61. The zero-order valence-electron chi connectivity index (χ0n) is 16.3. The fourth-order valence-electron chi connectivity index (χ4n) is 3.61. The van der Waals surface area contributed by atoms with Gasteiger partial charge in [0, 0.05) is 18.1 Å². The largest absolute Gasteiger partial charge is 0.496 e. The van der Waals surface area contributed by atoms with Gasteiger partial charge in [0.25, 0.3) is 0 Å². The second-order valence-electron chi connectivity index (χ2n) is 6.95. The molecule has 1 aliphatic rings. The topological polar surface area (TPSA) is 82.1 Å². The molecule has 2 aromatic carbocycles. The van der Waals surface area contributed by atoms with Crippen LogP contribution in [0, 0.1) is 13.8 Å². The number of rotatable bonds is 6. The minimum Gasteiger partial charge on any atom is -0.496 e. The Hall–Kier alpha value is -2.86. The van der Waals surface area contributed by atoms with Crippen LogP contribution in [0.2, 0.25) is 0 Å². The monoisotopic (exact) mass is 384 g/mol. The third-order valence-electron chi connectivity index (χ3n) is 5.12. The normalized spacial score (nSPS) is 16.0. The number of carbonyl (C=O) groups excluding carboxylic acids is 1. The molecule has 1 N–H and O–H groups in total. The highest BCUT2D eigenvalue weighted by atomic mass is 16.5. The van der Waals surface area contributed by atoms with E-state index in [1.54, 1.807) is 12.1 Å². The van der Waals surface area contributed by atoms with Gasteiger partial charge >= 0.3 is 11.9 Å². The minimum atomic E-state index is -1.08. The fraction of sp³-hybridized carbons (Fsp3) is 0.364. The molecule has 2 aromatic rings. The molecule has 0 aromatic heterocycles. The van der Waals surface area contributed by atoms with Crippen molar-refractivity contribution in [3.8, 4) is 5.75 Å². The van der Waals surface area contributed by atoms with Crippen LogP contribution >= 0.6 is 0 Å². The molecule has 148 valence electrons. The van der Waals surface area contributed by atoms with E-state index in [9.17, 15) is 14.7 Å². The van der Waals surface area contributed by atoms with E-state index in [4.69, 9.17) is 14.2 Å². The number of carboxylic acids is 1. The molecule has 0 amide bonds. The first-order valence-corrected chi connectivity index (χ1v) is 9.17. The Bertz CT molecular complexity index is 879. The van der Waals surface area contributed by atoms with Gasteiger partial charge in [0.05, 0.1) is 24.8 Å². The Morgan fingerprint density at radius 1 is 1.21 bits per heavy atom. The molecule has 1 atom stereocenters. The molecule has 1 fully saturated rings. The number of aromatic carboxylic acids is 1. The minimum absolute atomic E-state index is 0.0428. The van der Waals surface area contributed by atoms with E-state index in [0.29, 0.717) is 30.1 Å². The van der Waals surface area contributed by atoms with Gasteiger partial charge in [0.1, 0.15) is 12.4 Å². The van der Waals surface area contributed by atoms with Gasteiger partial charge in [-0.15, -0.1) is 0 Å². The van der Waals surface area contributed by atoms with Gasteiger partial charge in [-0.1, -0.05) is 17.7 Å². The lowest BCUT2D eigenvalue weighted by Crippen LogP contribution is -2.15. The summed E-state index contributed by atoms with van der Waals surface area (Å²) in [6, 6.07) is 8.55. The van der Waals surface area contributed by atoms with Crippen molar-refractivity contribution < 1.29 is 28.9 Å². The second kappa shape index (κ2) is 8.44. The molecule has 6 heteroatoms. The molecule has 28 heavy (non-hydrogen) atoms. The number of carboxylic acid groups (broad SMARTS) is 1. The number of carbonyl (C=O) groups is 2. The second-order valence-corrected chi connectivity index (χ2v) is 6.95. The lowest BCUT2D eigenvalue weighted by molar-refractivity contribution is 0.0464. The number of aryl methyl sites for hydroxylation is 1. The number of methoxy groups -OCH3 is 1. The first-order valence-electron chi connectivity index (χ1n) is 9.17. The van der Waals surface area contributed by atoms with Gasteiger partial charge < -0.3 is 19.3 Å². The van der Waals surface area contributed by atoms with Crippen LogP contribution in [-0.4, -0.2) is 37.4 Å². The average Bonchev–Trinajstić information content (AvgIpc) is 3.20. The summed E-state index contributed by atoms with van der Waals surface area (Å²) >= 11 is 0. The summed E-state index contributed by atoms with van der Waals surface area (Å²) in [5.41, 5.74) is 3.75. The SMILES string of the molecule is COc1cc(C(=O)O)c(COC(=O)c2ccc(C)cc2)c(C2CCOC2)c1C. The van der Waals surface area contributed by atoms with E-state index in [1.165, 1.54) is 13.2 Å². The zero-order valence-corrected chi connectivity index (χ0v) is 16.3. The molecule has 1 saturated heterocycles. The van der Waals surface area contributed by atoms with Crippen LogP contribution in [0.3, 0.4) is 0 Å². The number of esters is 1. The van der Waals surface area contributed by atoms with Crippen LogP contribution in [0.15, 0.2) is 30.3 Å². The van der Waals surface area contributed by atoms with Crippen molar-refractivity contribution in [3.05, 3.63) is 63.7 Å². The lowest BCUT2D eigenvalue weighted by Gasteiger charge is -2.22. The van der Waals surface area contributed by atoms with Crippen LogP contribution in [0.1, 0.15) is 55.3 Å². The molecule has 1 unspecified atom stereocenters. The Morgan fingerprint density at radius 3 is 2.50 bits per heavy atom. The van der Waals surface area contributed by atoms with Crippen molar-refractivity contribution in [3.63, 3.8) is 0 Å². The van der Waals surface area contributed by atoms with Gasteiger partial charge in [-0.3, -0.25) is 0 Å². The van der Waals surface area contributed by atoms with E-state index in [-0.39, 0.29) is 18.1 Å². The van der Waals surface area contributed by atoms with Crippen LogP contribution in [0.4, 0.5) is 0 Å². The Morgan fingerprint density at radius 2 is 1.93 bits per heavy atom. The maximum Gasteiger partial charge on any atom is 0.338 e. The maximum absolute atomic E-state index is 12.4. The van der Waals surface area contributed by atoms with Crippen molar-refractivity contribution in [2.45, 2.75) is 32.8 Å². The van der Waals surface area contributed by atoms with Crippen molar-refractivity contribution >= 4 is 11.9 Å².